The van der Waals surface area contributed by atoms with Gasteiger partial charge in [-0.15, -0.1) is 0 Å². The Morgan fingerprint density at radius 1 is 0.966 bits per heavy atom. The van der Waals surface area contributed by atoms with Crippen LogP contribution in [0.15, 0.2) is 54.6 Å². The lowest BCUT2D eigenvalue weighted by Crippen LogP contribution is -2.31. The molecule has 0 unspecified atom stereocenters. The summed E-state index contributed by atoms with van der Waals surface area (Å²) in [5, 5.41) is 7.23. The fourth-order valence-electron chi connectivity index (χ4n) is 3.39. The van der Waals surface area contributed by atoms with E-state index >= 15 is 0 Å². The second-order valence-corrected chi connectivity index (χ2v) is 7.31. The number of para-hydroxylation sites is 1. The number of aryl methyl sites for hydroxylation is 1. The van der Waals surface area contributed by atoms with Crippen LogP contribution in [0, 0.1) is 13.8 Å². The molecule has 0 aliphatic carbocycles. The number of rotatable bonds is 7. The molecular weight excluding hydrogens is 364 g/mol. The van der Waals surface area contributed by atoms with Crippen molar-refractivity contribution in [2.24, 2.45) is 0 Å². The van der Waals surface area contributed by atoms with Crippen LogP contribution in [-0.4, -0.2) is 40.5 Å². The summed E-state index contributed by atoms with van der Waals surface area (Å²) in [5.41, 5.74) is 4.52. The van der Waals surface area contributed by atoms with E-state index in [-0.39, 0.29) is 0 Å². The highest BCUT2D eigenvalue weighted by Gasteiger charge is 2.25. The number of carbonyl (C=O) groups is 2. The molecule has 2 aromatic carbocycles. The molecule has 0 atom stereocenters. The molecule has 0 saturated carbocycles. The van der Waals surface area contributed by atoms with Gasteiger partial charge in [-0.3, -0.25) is 9.59 Å². The molecule has 29 heavy (non-hydrogen) atoms. The van der Waals surface area contributed by atoms with E-state index in [1.54, 1.807) is 18.5 Å². The molecule has 0 radical (unpaired) electrons. The first-order valence-electron chi connectivity index (χ1n) is 9.54. The normalized spacial score (nSPS) is 10.9. The van der Waals surface area contributed by atoms with Crippen LogP contribution in [0.25, 0.3) is 5.69 Å². The summed E-state index contributed by atoms with van der Waals surface area (Å²) in [7, 11) is 3.99. The standard InChI is InChI=1S/C23H26N4O2/c1-16-21(17(2)27(25-16)20-12-6-5-7-13-20)22(28)23(29)24-14-18-10-8-9-11-19(18)15-26(3)4/h5-13H,14-15H2,1-4H3,(H,24,29). The van der Waals surface area contributed by atoms with Crippen LogP contribution >= 0.6 is 0 Å². The maximum atomic E-state index is 12.8. The van der Waals surface area contributed by atoms with E-state index in [1.807, 2.05) is 68.7 Å². The lowest BCUT2D eigenvalue weighted by molar-refractivity contribution is -0.117. The highest BCUT2D eigenvalue weighted by molar-refractivity contribution is 6.43. The zero-order valence-electron chi connectivity index (χ0n) is 17.3. The first-order chi connectivity index (χ1) is 13.9. The molecular formula is C23H26N4O2. The second-order valence-electron chi connectivity index (χ2n) is 7.31. The fourth-order valence-corrected chi connectivity index (χ4v) is 3.39. The van der Waals surface area contributed by atoms with E-state index in [0.717, 1.165) is 23.4 Å². The third-order valence-electron chi connectivity index (χ3n) is 4.77. The van der Waals surface area contributed by atoms with Gasteiger partial charge in [0, 0.05) is 13.1 Å². The highest BCUT2D eigenvalue weighted by atomic mass is 16.2. The van der Waals surface area contributed by atoms with Gasteiger partial charge in [0.15, 0.2) is 0 Å². The number of aromatic nitrogens is 2. The molecule has 1 amide bonds. The minimum Gasteiger partial charge on any atom is -0.345 e. The Morgan fingerprint density at radius 2 is 1.59 bits per heavy atom. The number of Topliss-reactive ketones (excluding diaryl/α,β-unsaturated/α-hetero) is 1. The number of carbonyl (C=O) groups excluding carboxylic acids is 2. The van der Waals surface area contributed by atoms with Gasteiger partial charge < -0.3 is 10.2 Å². The molecule has 1 aromatic heterocycles. The van der Waals surface area contributed by atoms with Crippen molar-refractivity contribution in [2.75, 3.05) is 14.1 Å². The number of amides is 1. The quantitative estimate of drug-likeness (QED) is 0.497. The average molecular weight is 390 g/mol. The third kappa shape index (κ3) is 4.60. The topological polar surface area (TPSA) is 67.2 Å². The van der Waals surface area contributed by atoms with Crippen LogP contribution in [0.4, 0.5) is 0 Å². The predicted octanol–water partition coefficient (Wildman–Crippen LogP) is 3.05. The number of nitrogens with zero attached hydrogens (tertiary/aromatic N) is 3. The molecule has 0 fully saturated rings. The monoisotopic (exact) mass is 390 g/mol. The molecule has 6 heteroatoms. The maximum Gasteiger partial charge on any atom is 0.292 e. The minimum absolute atomic E-state index is 0.305. The van der Waals surface area contributed by atoms with Crippen molar-refractivity contribution >= 4 is 11.7 Å². The Labute approximate surface area is 171 Å². The van der Waals surface area contributed by atoms with Crippen molar-refractivity contribution in [3.63, 3.8) is 0 Å². The van der Waals surface area contributed by atoms with E-state index < -0.39 is 11.7 Å². The highest BCUT2D eigenvalue weighted by Crippen LogP contribution is 2.18. The van der Waals surface area contributed by atoms with Crippen molar-refractivity contribution in [1.82, 2.24) is 20.0 Å². The van der Waals surface area contributed by atoms with Crippen LogP contribution in [0.5, 0.6) is 0 Å². The van der Waals surface area contributed by atoms with Crippen LogP contribution in [-0.2, 0) is 17.9 Å². The van der Waals surface area contributed by atoms with Crippen molar-refractivity contribution in [3.05, 3.63) is 82.7 Å². The molecule has 1 heterocycles. The molecule has 0 aliphatic heterocycles. The summed E-state index contributed by atoms with van der Waals surface area (Å²) < 4.78 is 1.70. The third-order valence-corrected chi connectivity index (χ3v) is 4.77. The SMILES string of the molecule is Cc1nn(-c2ccccc2)c(C)c1C(=O)C(=O)NCc1ccccc1CN(C)C. The van der Waals surface area contributed by atoms with Crippen molar-refractivity contribution in [3.8, 4) is 5.69 Å². The lowest BCUT2D eigenvalue weighted by Gasteiger charge is -2.14. The van der Waals surface area contributed by atoms with Gasteiger partial charge in [-0.2, -0.15) is 5.10 Å². The number of nitrogens with one attached hydrogen (secondary N) is 1. The molecule has 6 nitrogen and oxygen atoms in total. The number of ketones is 1. The lowest BCUT2D eigenvalue weighted by atomic mass is 10.1. The molecule has 0 saturated heterocycles. The van der Waals surface area contributed by atoms with Gasteiger partial charge in [0.25, 0.3) is 11.7 Å². The molecule has 1 N–H and O–H groups in total. The van der Waals surface area contributed by atoms with Crippen LogP contribution < -0.4 is 5.32 Å². The Morgan fingerprint density at radius 3 is 2.24 bits per heavy atom. The summed E-state index contributed by atoms with van der Waals surface area (Å²) >= 11 is 0. The van der Waals surface area contributed by atoms with Gasteiger partial charge >= 0.3 is 0 Å². The predicted molar refractivity (Wildman–Crippen MR) is 113 cm³/mol. The number of benzene rings is 2. The summed E-state index contributed by atoms with van der Waals surface area (Å²) in [4.78, 5) is 27.5. The molecule has 150 valence electrons. The van der Waals surface area contributed by atoms with Gasteiger partial charge in [-0.05, 0) is 51.2 Å². The molecule has 3 aromatic rings. The Hall–Kier alpha value is -3.25. The summed E-state index contributed by atoms with van der Waals surface area (Å²) in [6.45, 7) is 4.63. The summed E-state index contributed by atoms with van der Waals surface area (Å²) in [5.74, 6) is -1.18. The Bertz CT molecular complexity index is 1020. The van der Waals surface area contributed by atoms with Crippen molar-refractivity contribution in [2.45, 2.75) is 26.9 Å². The van der Waals surface area contributed by atoms with E-state index in [2.05, 4.69) is 15.3 Å². The molecule has 0 spiro atoms. The molecule has 3 rings (SSSR count). The van der Waals surface area contributed by atoms with Crippen molar-refractivity contribution in [1.29, 1.82) is 0 Å². The average Bonchev–Trinajstić information content (AvgIpc) is 3.01. The van der Waals surface area contributed by atoms with Gasteiger partial charge in [-0.1, -0.05) is 42.5 Å². The van der Waals surface area contributed by atoms with Gasteiger partial charge in [0.2, 0.25) is 0 Å². The first-order valence-corrected chi connectivity index (χ1v) is 9.54. The Balaban J connectivity index is 1.77. The largest absolute Gasteiger partial charge is 0.345 e. The zero-order valence-corrected chi connectivity index (χ0v) is 17.3. The number of hydrogen-bond donors (Lipinski definition) is 1. The van der Waals surface area contributed by atoms with E-state index in [0.29, 0.717) is 23.5 Å². The van der Waals surface area contributed by atoms with Gasteiger partial charge in [0.05, 0.1) is 22.6 Å². The molecule has 0 bridgehead atoms. The van der Waals surface area contributed by atoms with Crippen LogP contribution in [0.1, 0.15) is 32.9 Å². The Kier molecular flexibility index (Phi) is 6.24. The van der Waals surface area contributed by atoms with E-state index in [9.17, 15) is 9.59 Å². The summed E-state index contributed by atoms with van der Waals surface area (Å²) in [6, 6.07) is 17.5. The summed E-state index contributed by atoms with van der Waals surface area (Å²) in [6.07, 6.45) is 0. The maximum absolute atomic E-state index is 12.8. The number of hydrogen-bond acceptors (Lipinski definition) is 4. The minimum atomic E-state index is -0.622. The fraction of sp³-hybridized carbons (Fsp3) is 0.261. The van der Waals surface area contributed by atoms with Gasteiger partial charge in [0.1, 0.15) is 0 Å². The molecule has 0 aliphatic rings. The smallest absolute Gasteiger partial charge is 0.292 e. The first kappa shape index (κ1) is 20.5. The van der Waals surface area contributed by atoms with Crippen LogP contribution in [0.2, 0.25) is 0 Å². The van der Waals surface area contributed by atoms with E-state index in [1.165, 1.54) is 0 Å². The second kappa shape index (κ2) is 8.84. The van der Waals surface area contributed by atoms with Crippen molar-refractivity contribution < 1.29 is 9.59 Å². The zero-order chi connectivity index (χ0) is 21.0. The van der Waals surface area contributed by atoms with E-state index in [4.69, 9.17) is 0 Å². The van der Waals surface area contributed by atoms with Crippen LogP contribution in [0.3, 0.4) is 0 Å². The van der Waals surface area contributed by atoms with Gasteiger partial charge in [-0.25, -0.2) is 4.68 Å².